The quantitative estimate of drug-likeness (QED) is 0.407. The van der Waals surface area contributed by atoms with E-state index in [4.69, 9.17) is 4.74 Å². The number of aromatic amines is 2. The second kappa shape index (κ2) is 9.78. The van der Waals surface area contributed by atoms with E-state index in [1.165, 1.54) is 0 Å². The molecule has 9 heteroatoms. The Morgan fingerprint density at radius 2 is 1.91 bits per heavy atom. The molecule has 1 saturated heterocycles. The summed E-state index contributed by atoms with van der Waals surface area (Å²) in [5.74, 6) is 1.52. The number of carbonyl (C=O) groups excluding carboxylic acids is 2. The van der Waals surface area contributed by atoms with Gasteiger partial charge in [-0.1, -0.05) is 30.3 Å². The van der Waals surface area contributed by atoms with Crippen LogP contribution in [0.15, 0.2) is 60.8 Å². The maximum Gasteiger partial charge on any atom is 0.407 e. The van der Waals surface area contributed by atoms with Gasteiger partial charge in [-0.2, -0.15) is 5.10 Å². The zero-order valence-electron chi connectivity index (χ0n) is 18.7. The molecule has 0 bridgehead atoms. The second-order valence-corrected chi connectivity index (χ2v) is 8.40. The summed E-state index contributed by atoms with van der Waals surface area (Å²) in [5, 5.41) is 10.9. The summed E-state index contributed by atoms with van der Waals surface area (Å²) in [5.41, 5.74) is 2.65. The van der Waals surface area contributed by atoms with Crippen molar-refractivity contribution in [2.75, 3.05) is 13.1 Å². The maximum absolute atomic E-state index is 12.9. The number of nitrogens with zero attached hydrogens (tertiary/aromatic N) is 3. The van der Waals surface area contributed by atoms with E-state index in [9.17, 15) is 9.59 Å². The first kappa shape index (κ1) is 21.7. The number of hydrogen-bond acceptors (Lipinski definition) is 5. The zero-order chi connectivity index (χ0) is 23.3. The standard InChI is InChI=1S/C25H26N6O3/c32-24(20-6-7-21-19(14-20)8-11-26-21)31-12-9-18(10-13-31)23-28-22(29-30-23)15-27-25(33)34-16-17-4-2-1-3-5-17/h1-8,11,14,18,26H,9-10,12-13,15-16H2,(H,27,33)(H,28,29,30). The molecule has 1 fully saturated rings. The third-order valence-corrected chi connectivity index (χ3v) is 6.11. The number of aromatic nitrogens is 4. The Balaban J connectivity index is 1.09. The Labute approximate surface area is 196 Å². The highest BCUT2D eigenvalue weighted by atomic mass is 16.5. The topological polar surface area (TPSA) is 116 Å². The van der Waals surface area contributed by atoms with Crippen LogP contribution in [0.4, 0.5) is 4.79 Å². The summed E-state index contributed by atoms with van der Waals surface area (Å²) in [6, 6.07) is 17.2. The van der Waals surface area contributed by atoms with Crippen LogP contribution >= 0.6 is 0 Å². The van der Waals surface area contributed by atoms with Crippen molar-refractivity contribution in [3.63, 3.8) is 0 Å². The van der Waals surface area contributed by atoms with Gasteiger partial charge in [0, 0.05) is 41.7 Å². The number of nitrogens with one attached hydrogen (secondary N) is 3. The Hall–Kier alpha value is -4.14. The van der Waals surface area contributed by atoms with Crippen LogP contribution in [0.2, 0.25) is 0 Å². The minimum absolute atomic E-state index is 0.0513. The number of benzene rings is 2. The molecule has 3 N–H and O–H groups in total. The number of carbonyl (C=O) groups is 2. The number of ether oxygens (including phenoxy) is 1. The van der Waals surface area contributed by atoms with E-state index in [1.54, 1.807) is 0 Å². The van der Waals surface area contributed by atoms with Crippen molar-refractivity contribution >= 4 is 22.9 Å². The lowest BCUT2D eigenvalue weighted by Crippen LogP contribution is -2.38. The number of rotatable bonds is 6. The molecule has 1 aliphatic heterocycles. The van der Waals surface area contributed by atoms with Crippen LogP contribution in [-0.2, 0) is 17.9 Å². The lowest BCUT2D eigenvalue weighted by atomic mass is 9.95. The highest BCUT2D eigenvalue weighted by molar-refractivity contribution is 5.98. The molecule has 2 amide bonds. The van der Waals surface area contributed by atoms with Crippen molar-refractivity contribution in [2.45, 2.75) is 31.9 Å². The van der Waals surface area contributed by atoms with Gasteiger partial charge < -0.3 is 19.9 Å². The summed E-state index contributed by atoms with van der Waals surface area (Å²) in [6.07, 6.45) is 2.95. The van der Waals surface area contributed by atoms with Gasteiger partial charge in [0.15, 0.2) is 5.82 Å². The lowest BCUT2D eigenvalue weighted by Gasteiger charge is -2.30. The molecule has 0 saturated carbocycles. The molecule has 0 unspecified atom stereocenters. The van der Waals surface area contributed by atoms with Gasteiger partial charge in [0.1, 0.15) is 12.4 Å². The van der Waals surface area contributed by atoms with E-state index in [0.717, 1.165) is 35.1 Å². The van der Waals surface area contributed by atoms with Gasteiger partial charge in [-0.3, -0.25) is 9.89 Å². The minimum atomic E-state index is -0.508. The predicted octanol–water partition coefficient (Wildman–Crippen LogP) is 3.73. The number of fused-ring (bicyclic) bond motifs is 1. The van der Waals surface area contributed by atoms with Crippen molar-refractivity contribution in [1.82, 2.24) is 30.4 Å². The van der Waals surface area contributed by atoms with Gasteiger partial charge in [0.05, 0.1) is 6.54 Å². The molecular formula is C25H26N6O3. The highest BCUT2D eigenvalue weighted by Gasteiger charge is 2.27. The lowest BCUT2D eigenvalue weighted by molar-refractivity contribution is 0.0711. The van der Waals surface area contributed by atoms with E-state index in [2.05, 4.69) is 25.5 Å². The van der Waals surface area contributed by atoms with E-state index >= 15 is 0 Å². The summed E-state index contributed by atoms with van der Waals surface area (Å²) < 4.78 is 5.21. The van der Waals surface area contributed by atoms with Gasteiger partial charge in [-0.15, -0.1) is 0 Å². The Bertz CT molecular complexity index is 1270. The fraction of sp³-hybridized carbons (Fsp3) is 0.280. The molecule has 0 spiro atoms. The van der Waals surface area contributed by atoms with Crippen LogP contribution in [0.1, 0.15) is 46.3 Å². The SMILES string of the molecule is O=C(NCc1nc(C2CCN(C(=O)c3ccc4[nH]ccc4c3)CC2)n[nH]1)OCc1ccccc1. The first-order chi connectivity index (χ1) is 16.7. The number of piperidine rings is 1. The summed E-state index contributed by atoms with van der Waals surface area (Å²) in [6.45, 7) is 1.73. The molecule has 3 heterocycles. The van der Waals surface area contributed by atoms with Gasteiger partial charge >= 0.3 is 6.09 Å². The molecular weight excluding hydrogens is 432 g/mol. The molecule has 1 aliphatic rings. The monoisotopic (exact) mass is 458 g/mol. The zero-order valence-corrected chi connectivity index (χ0v) is 18.7. The number of H-pyrrole nitrogens is 2. The first-order valence-corrected chi connectivity index (χ1v) is 11.4. The van der Waals surface area contributed by atoms with Crippen LogP contribution in [0.25, 0.3) is 10.9 Å². The van der Waals surface area contributed by atoms with Crippen molar-refractivity contribution in [1.29, 1.82) is 0 Å². The average Bonchev–Trinajstić information content (AvgIpc) is 3.56. The van der Waals surface area contributed by atoms with Crippen LogP contribution in [0, 0.1) is 0 Å². The third-order valence-electron chi connectivity index (χ3n) is 6.11. The average molecular weight is 459 g/mol. The molecule has 174 valence electrons. The van der Waals surface area contributed by atoms with Gasteiger partial charge in [0.2, 0.25) is 0 Å². The van der Waals surface area contributed by atoms with Crippen LogP contribution in [0.5, 0.6) is 0 Å². The number of amides is 2. The summed E-state index contributed by atoms with van der Waals surface area (Å²) in [4.78, 5) is 34.4. The minimum Gasteiger partial charge on any atom is -0.445 e. The Morgan fingerprint density at radius 1 is 1.09 bits per heavy atom. The molecule has 2 aromatic heterocycles. The number of likely N-dealkylation sites (tertiary alicyclic amines) is 1. The maximum atomic E-state index is 12.9. The molecule has 4 aromatic rings. The Kier molecular flexibility index (Phi) is 6.24. The Morgan fingerprint density at radius 3 is 2.74 bits per heavy atom. The number of hydrogen-bond donors (Lipinski definition) is 3. The van der Waals surface area contributed by atoms with Crippen molar-refractivity contribution in [2.24, 2.45) is 0 Å². The predicted molar refractivity (Wildman–Crippen MR) is 126 cm³/mol. The molecule has 0 atom stereocenters. The smallest absolute Gasteiger partial charge is 0.407 e. The summed E-state index contributed by atoms with van der Waals surface area (Å²) in [7, 11) is 0. The largest absolute Gasteiger partial charge is 0.445 e. The van der Waals surface area contributed by atoms with Crippen LogP contribution in [-0.4, -0.2) is 50.2 Å². The fourth-order valence-electron chi connectivity index (χ4n) is 4.21. The summed E-state index contributed by atoms with van der Waals surface area (Å²) >= 11 is 0. The normalized spacial score (nSPS) is 14.3. The van der Waals surface area contributed by atoms with Gasteiger partial charge in [-0.25, -0.2) is 9.78 Å². The third kappa shape index (κ3) is 4.93. The van der Waals surface area contributed by atoms with E-state index in [-0.39, 0.29) is 25.0 Å². The first-order valence-electron chi connectivity index (χ1n) is 11.4. The highest BCUT2D eigenvalue weighted by Crippen LogP contribution is 2.27. The van der Waals surface area contributed by atoms with Crippen molar-refractivity contribution < 1.29 is 14.3 Å². The molecule has 0 radical (unpaired) electrons. The van der Waals surface area contributed by atoms with Gasteiger partial charge in [-0.05, 0) is 42.7 Å². The van der Waals surface area contributed by atoms with Crippen molar-refractivity contribution in [3.05, 3.63) is 83.6 Å². The second-order valence-electron chi connectivity index (χ2n) is 8.40. The van der Waals surface area contributed by atoms with Crippen LogP contribution in [0.3, 0.4) is 0 Å². The van der Waals surface area contributed by atoms with Crippen molar-refractivity contribution in [3.8, 4) is 0 Å². The van der Waals surface area contributed by atoms with E-state index in [0.29, 0.717) is 24.5 Å². The van der Waals surface area contributed by atoms with Crippen LogP contribution < -0.4 is 5.32 Å². The van der Waals surface area contributed by atoms with Gasteiger partial charge in [0.25, 0.3) is 5.91 Å². The molecule has 0 aliphatic carbocycles. The molecule has 2 aromatic carbocycles. The molecule has 5 rings (SSSR count). The van der Waals surface area contributed by atoms with E-state index < -0.39 is 6.09 Å². The molecule has 9 nitrogen and oxygen atoms in total. The molecule has 34 heavy (non-hydrogen) atoms. The van der Waals surface area contributed by atoms with E-state index in [1.807, 2.05) is 65.7 Å². The number of alkyl carbamates (subject to hydrolysis) is 1. The fourth-order valence-corrected chi connectivity index (χ4v) is 4.21.